The first-order valence-corrected chi connectivity index (χ1v) is 10.6. The summed E-state index contributed by atoms with van der Waals surface area (Å²) in [5, 5.41) is 13.5. The lowest BCUT2D eigenvalue weighted by molar-refractivity contribution is -0.384. The highest BCUT2D eigenvalue weighted by Gasteiger charge is 2.27. The molecule has 0 fully saturated rings. The van der Waals surface area contributed by atoms with Gasteiger partial charge in [-0.15, -0.1) is 0 Å². The number of sulfonamides is 1. The maximum Gasteiger partial charge on any atom is 0.271 e. The van der Waals surface area contributed by atoms with E-state index in [4.69, 9.17) is 4.74 Å². The average molecular weight is 459 g/mol. The topological polar surface area (TPSA) is 119 Å². The molecule has 32 heavy (non-hydrogen) atoms. The van der Waals surface area contributed by atoms with Gasteiger partial charge in [0.1, 0.15) is 18.1 Å². The van der Waals surface area contributed by atoms with E-state index in [-0.39, 0.29) is 27.7 Å². The number of para-hydroxylation sites is 1. The number of ether oxygens (including phenoxy) is 1. The van der Waals surface area contributed by atoms with Crippen molar-refractivity contribution in [3.05, 3.63) is 88.7 Å². The van der Waals surface area contributed by atoms with Crippen LogP contribution in [0.2, 0.25) is 0 Å². The number of non-ortho nitro benzene ring substituents is 1. The van der Waals surface area contributed by atoms with Gasteiger partial charge in [-0.3, -0.25) is 19.2 Å². The Balaban J connectivity index is 1.94. The average Bonchev–Trinajstić information content (AvgIpc) is 2.78. The van der Waals surface area contributed by atoms with Crippen LogP contribution in [0.3, 0.4) is 0 Å². The van der Waals surface area contributed by atoms with Gasteiger partial charge in [-0.2, -0.15) is 0 Å². The van der Waals surface area contributed by atoms with Crippen molar-refractivity contribution in [3.8, 4) is 5.75 Å². The van der Waals surface area contributed by atoms with Crippen LogP contribution < -0.4 is 14.4 Å². The smallest absolute Gasteiger partial charge is 0.271 e. The summed E-state index contributed by atoms with van der Waals surface area (Å²) in [5.74, 6) is -1.21. The minimum atomic E-state index is -4.23. The fourth-order valence-corrected chi connectivity index (χ4v) is 4.29. The Morgan fingerprint density at radius 2 is 1.75 bits per heavy atom. The number of benzene rings is 3. The maximum atomic E-state index is 13.3. The number of methoxy groups -OCH3 is 1. The number of hydrogen-bond donors (Lipinski definition) is 1. The third-order valence-electron chi connectivity index (χ3n) is 4.40. The largest absolute Gasteiger partial charge is 0.495 e. The molecule has 0 radical (unpaired) electrons. The molecule has 3 aromatic carbocycles. The summed E-state index contributed by atoms with van der Waals surface area (Å²) in [6.07, 6.45) is 0. The molecule has 11 heteroatoms. The van der Waals surface area contributed by atoms with Gasteiger partial charge in [0.2, 0.25) is 5.91 Å². The molecule has 0 saturated heterocycles. The summed E-state index contributed by atoms with van der Waals surface area (Å²) >= 11 is 0. The van der Waals surface area contributed by atoms with E-state index in [2.05, 4.69) is 5.32 Å². The molecule has 1 N–H and O–H groups in total. The molecule has 9 nitrogen and oxygen atoms in total. The van der Waals surface area contributed by atoms with Gasteiger partial charge in [0.25, 0.3) is 15.7 Å². The number of carbonyl (C=O) groups is 1. The lowest BCUT2D eigenvalue weighted by atomic mass is 10.2. The minimum absolute atomic E-state index is 0.0129. The van der Waals surface area contributed by atoms with Gasteiger partial charge in [-0.05, 0) is 42.5 Å². The predicted octanol–water partition coefficient (Wildman–Crippen LogP) is 3.58. The Kier molecular flexibility index (Phi) is 6.69. The number of nitro benzene ring substituents is 1. The van der Waals surface area contributed by atoms with E-state index in [1.807, 2.05) is 0 Å². The van der Waals surface area contributed by atoms with Crippen molar-refractivity contribution >= 4 is 33.0 Å². The first-order chi connectivity index (χ1) is 15.2. The second-order valence-electron chi connectivity index (χ2n) is 6.49. The SMILES string of the molecule is COc1ccc([N+](=O)[O-])cc1NC(=O)CN(c1ccccc1)S(=O)(=O)c1ccc(F)cc1. The van der Waals surface area contributed by atoms with Crippen LogP contribution in [0.1, 0.15) is 0 Å². The highest BCUT2D eigenvalue weighted by atomic mass is 32.2. The van der Waals surface area contributed by atoms with Crippen molar-refractivity contribution < 1.29 is 27.3 Å². The number of halogens is 1. The molecule has 3 aromatic rings. The molecule has 3 rings (SSSR count). The highest BCUT2D eigenvalue weighted by Crippen LogP contribution is 2.29. The van der Waals surface area contributed by atoms with E-state index in [0.717, 1.165) is 34.6 Å². The van der Waals surface area contributed by atoms with Gasteiger partial charge < -0.3 is 10.1 Å². The molecule has 0 unspecified atom stereocenters. The van der Waals surface area contributed by atoms with E-state index in [1.165, 1.54) is 31.4 Å². The molecular formula is C21H18FN3O6S. The molecule has 0 aliphatic rings. The number of carbonyl (C=O) groups excluding carboxylic acids is 1. The van der Waals surface area contributed by atoms with Crippen LogP contribution in [-0.4, -0.2) is 32.9 Å². The highest BCUT2D eigenvalue weighted by molar-refractivity contribution is 7.92. The van der Waals surface area contributed by atoms with Gasteiger partial charge in [0.05, 0.1) is 28.3 Å². The fourth-order valence-electron chi connectivity index (χ4n) is 2.87. The molecule has 0 aromatic heterocycles. The summed E-state index contributed by atoms with van der Waals surface area (Å²) in [7, 11) is -2.90. The quantitative estimate of drug-likeness (QED) is 0.406. The van der Waals surface area contributed by atoms with Crippen molar-refractivity contribution in [2.24, 2.45) is 0 Å². The number of rotatable bonds is 8. The van der Waals surface area contributed by atoms with Gasteiger partial charge in [0.15, 0.2) is 0 Å². The Bertz CT molecular complexity index is 1230. The van der Waals surface area contributed by atoms with Crippen LogP contribution in [-0.2, 0) is 14.8 Å². The van der Waals surface area contributed by atoms with Crippen molar-refractivity contribution in [1.82, 2.24) is 0 Å². The molecule has 0 saturated carbocycles. The Morgan fingerprint density at radius 1 is 1.09 bits per heavy atom. The lowest BCUT2D eigenvalue weighted by Gasteiger charge is -2.24. The molecule has 0 aliphatic heterocycles. The summed E-state index contributed by atoms with van der Waals surface area (Å²) in [5.41, 5.74) is -0.0585. The summed E-state index contributed by atoms with van der Waals surface area (Å²) in [6.45, 7) is -0.643. The molecule has 166 valence electrons. The molecular weight excluding hydrogens is 441 g/mol. The zero-order valence-corrected chi connectivity index (χ0v) is 17.6. The van der Waals surface area contributed by atoms with Crippen LogP contribution in [0.15, 0.2) is 77.7 Å². The van der Waals surface area contributed by atoms with Crippen molar-refractivity contribution in [1.29, 1.82) is 0 Å². The number of nitrogens with one attached hydrogen (secondary N) is 1. The summed E-state index contributed by atoms with van der Waals surface area (Å²) in [4.78, 5) is 23.0. The Labute approximate surface area is 183 Å². The lowest BCUT2D eigenvalue weighted by Crippen LogP contribution is -2.38. The maximum absolute atomic E-state index is 13.3. The molecule has 0 bridgehead atoms. The molecule has 1 amide bonds. The number of amides is 1. The number of nitro groups is 1. The van der Waals surface area contributed by atoms with Gasteiger partial charge >= 0.3 is 0 Å². The van der Waals surface area contributed by atoms with Gasteiger partial charge in [-0.25, -0.2) is 12.8 Å². The van der Waals surface area contributed by atoms with E-state index in [1.54, 1.807) is 18.2 Å². The zero-order valence-electron chi connectivity index (χ0n) is 16.8. The second kappa shape index (κ2) is 9.43. The van der Waals surface area contributed by atoms with Crippen molar-refractivity contribution in [2.75, 3.05) is 23.3 Å². The van der Waals surface area contributed by atoms with Crippen LogP contribution >= 0.6 is 0 Å². The number of hydrogen-bond acceptors (Lipinski definition) is 6. The molecule has 0 heterocycles. The van der Waals surface area contributed by atoms with Crippen LogP contribution in [0, 0.1) is 15.9 Å². The van der Waals surface area contributed by atoms with Crippen LogP contribution in [0.4, 0.5) is 21.5 Å². The van der Waals surface area contributed by atoms with Crippen molar-refractivity contribution in [2.45, 2.75) is 4.90 Å². The second-order valence-corrected chi connectivity index (χ2v) is 8.35. The summed E-state index contributed by atoms with van der Waals surface area (Å²) < 4.78 is 45.7. The number of nitrogens with zero attached hydrogens (tertiary/aromatic N) is 2. The molecule has 0 atom stereocenters. The molecule has 0 spiro atoms. The summed E-state index contributed by atoms with van der Waals surface area (Å²) in [6, 6.07) is 15.7. The predicted molar refractivity (Wildman–Crippen MR) is 116 cm³/mol. The first kappa shape index (κ1) is 22.7. The molecule has 0 aliphatic carbocycles. The van der Waals surface area contributed by atoms with E-state index < -0.39 is 33.2 Å². The third kappa shape index (κ3) is 5.01. The zero-order chi connectivity index (χ0) is 23.3. The standard InChI is InChI=1S/C21H18FN3O6S/c1-31-20-12-9-17(25(27)28)13-19(20)23-21(26)14-24(16-5-3-2-4-6-16)32(29,30)18-10-7-15(22)8-11-18/h2-13H,14H2,1H3,(H,23,26). The first-order valence-electron chi connectivity index (χ1n) is 9.18. The van der Waals surface area contributed by atoms with Gasteiger partial charge in [-0.1, -0.05) is 18.2 Å². The van der Waals surface area contributed by atoms with E-state index in [9.17, 15) is 27.7 Å². The Morgan fingerprint density at radius 3 is 2.34 bits per heavy atom. The van der Waals surface area contributed by atoms with Crippen LogP contribution in [0.25, 0.3) is 0 Å². The fraction of sp³-hybridized carbons (Fsp3) is 0.0952. The Hall–Kier alpha value is -3.99. The minimum Gasteiger partial charge on any atom is -0.495 e. The third-order valence-corrected chi connectivity index (χ3v) is 6.19. The normalized spacial score (nSPS) is 10.9. The van der Waals surface area contributed by atoms with Gasteiger partial charge in [0, 0.05) is 12.1 Å². The number of anilines is 2. The van der Waals surface area contributed by atoms with Crippen molar-refractivity contribution in [3.63, 3.8) is 0 Å². The van der Waals surface area contributed by atoms with Crippen LogP contribution in [0.5, 0.6) is 5.75 Å². The monoisotopic (exact) mass is 459 g/mol. The van der Waals surface area contributed by atoms with E-state index in [0.29, 0.717) is 0 Å². The van der Waals surface area contributed by atoms with E-state index >= 15 is 0 Å².